The highest BCUT2D eigenvalue weighted by Crippen LogP contribution is 2.26. The average molecular weight is 283 g/mol. The maximum absolute atomic E-state index is 13.9. The molecule has 2 aromatic rings. The Kier molecular flexibility index (Phi) is 4.52. The highest BCUT2D eigenvalue weighted by atomic mass is 35.5. The molecule has 2 rings (SSSR count). The Morgan fingerprint density at radius 1 is 1.47 bits per heavy atom. The Morgan fingerprint density at radius 2 is 2.26 bits per heavy atom. The van der Waals surface area contributed by atoms with Crippen molar-refractivity contribution in [1.29, 1.82) is 0 Å². The molecule has 0 aliphatic heterocycles. The number of nitrogens with zero attached hydrogens (tertiary/aromatic N) is 2. The lowest BCUT2D eigenvalue weighted by Gasteiger charge is -2.19. The lowest BCUT2D eigenvalue weighted by molar-refractivity contribution is 0.502. The first kappa shape index (κ1) is 14.0. The predicted molar refractivity (Wildman–Crippen MR) is 73.1 cm³/mol. The Morgan fingerprint density at radius 3 is 2.95 bits per heavy atom. The van der Waals surface area contributed by atoms with Gasteiger partial charge in [0.25, 0.3) is 0 Å². The van der Waals surface area contributed by atoms with E-state index in [2.05, 4.69) is 17.4 Å². The molecule has 6 heteroatoms. The molecule has 0 radical (unpaired) electrons. The van der Waals surface area contributed by atoms with E-state index in [0.29, 0.717) is 10.6 Å². The van der Waals surface area contributed by atoms with E-state index in [1.54, 1.807) is 12.3 Å². The van der Waals surface area contributed by atoms with Crippen molar-refractivity contribution in [3.63, 3.8) is 0 Å². The molecule has 0 amide bonds. The summed E-state index contributed by atoms with van der Waals surface area (Å²) in [6.45, 7) is 2.80. The summed E-state index contributed by atoms with van der Waals surface area (Å²) in [6.07, 6.45) is 2.61. The molecule has 1 aromatic heterocycles. The maximum atomic E-state index is 13.9. The molecule has 4 nitrogen and oxygen atoms in total. The van der Waals surface area contributed by atoms with E-state index in [4.69, 9.17) is 17.4 Å². The Labute approximate surface area is 116 Å². The van der Waals surface area contributed by atoms with Crippen molar-refractivity contribution in [2.75, 3.05) is 0 Å². The normalized spacial score (nSPS) is 12.6. The maximum Gasteiger partial charge on any atom is 0.128 e. The van der Waals surface area contributed by atoms with Gasteiger partial charge in [0.2, 0.25) is 0 Å². The number of hydrazine groups is 1. The number of nitrogens with one attached hydrogen (secondary N) is 1. The zero-order valence-electron chi connectivity index (χ0n) is 10.6. The van der Waals surface area contributed by atoms with Crippen LogP contribution in [0.5, 0.6) is 0 Å². The SMILES string of the molecule is CCCn1nccc1C(NN)c1cc(Cl)ccc1F. The van der Waals surface area contributed by atoms with E-state index in [1.165, 1.54) is 12.1 Å². The Balaban J connectivity index is 2.44. The number of aromatic nitrogens is 2. The van der Waals surface area contributed by atoms with Gasteiger partial charge in [-0.3, -0.25) is 10.5 Å². The zero-order valence-corrected chi connectivity index (χ0v) is 11.4. The summed E-state index contributed by atoms with van der Waals surface area (Å²) in [7, 11) is 0. The molecule has 1 atom stereocenters. The lowest BCUT2D eigenvalue weighted by atomic mass is 10.0. The van der Waals surface area contributed by atoms with Gasteiger partial charge in [-0.1, -0.05) is 18.5 Å². The number of rotatable bonds is 5. The summed E-state index contributed by atoms with van der Waals surface area (Å²) in [5.41, 5.74) is 3.85. The standard InChI is InChI=1S/C13H16ClFN4/c1-2-7-19-12(5-6-17-19)13(18-16)10-8-9(14)3-4-11(10)15/h3-6,8,13,18H,2,7,16H2,1H3. The van der Waals surface area contributed by atoms with Gasteiger partial charge in [-0.25, -0.2) is 9.82 Å². The average Bonchev–Trinajstić information content (AvgIpc) is 2.83. The number of hydrogen-bond donors (Lipinski definition) is 2. The molecule has 19 heavy (non-hydrogen) atoms. The quantitative estimate of drug-likeness (QED) is 0.655. The van der Waals surface area contributed by atoms with Crippen LogP contribution in [0, 0.1) is 5.82 Å². The van der Waals surface area contributed by atoms with E-state index in [1.807, 2.05) is 10.7 Å². The monoisotopic (exact) mass is 282 g/mol. The minimum absolute atomic E-state index is 0.350. The first-order chi connectivity index (χ1) is 9.17. The minimum atomic E-state index is -0.479. The molecule has 1 aromatic carbocycles. The van der Waals surface area contributed by atoms with Crippen LogP contribution in [0.2, 0.25) is 5.02 Å². The molecule has 0 fully saturated rings. The van der Waals surface area contributed by atoms with Gasteiger partial charge < -0.3 is 0 Å². The van der Waals surface area contributed by atoms with Gasteiger partial charge in [0.1, 0.15) is 5.82 Å². The fourth-order valence-electron chi connectivity index (χ4n) is 2.06. The van der Waals surface area contributed by atoms with Crippen LogP contribution in [0.25, 0.3) is 0 Å². The van der Waals surface area contributed by atoms with Gasteiger partial charge in [0.15, 0.2) is 0 Å². The molecular weight excluding hydrogens is 267 g/mol. The third kappa shape index (κ3) is 2.94. The second kappa shape index (κ2) is 6.14. The van der Waals surface area contributed by atoms with Crippen LogP contribution in [0.15, 0.2) is 30.5 Å². The van der Waals surface area contributed by atoms with Crippen molar-refractivity contribution < 1.29 is 4.39 Å². The summed E-state index contributed by atoms with van der Waals surface area (Å²) in [5.74, 6) is 5.23. The van der Waals surface area contributed by atoms with E-state index < -0.39 is 6.04 Å². The fraction of sp³-hybridized carbons (Fsp3) is 0.308. The molecule has 0 saturated heterocycles. The van der Waals surface area contributed by atoms with Crippen LogP contribution in [0.3, 0.4) is 0 Å². The Bertz CT molecular complexity index is 555. The summed E-state index contributed by atoms with van der Waals surface area (Å²) < 4.78 is 15.7. The smallest absolute Gasteiger partial charge is 0.128 e. The van der Waals surface area contributed by atoms with Crippen molar-refractivity contribution in [3.8, 4) is 0 Å². The van der Waals surface area contributed by atoms with Gasteiger partial charge in [-0.05, 0) is 30.7 Å². The molecule has 0 aliphatic carbocycles. The van der Waals surface area contributed by atoms with Gasteiger partial charge in [0, 0.05) is 23.3 Å². The zero-order chi connectivity index (χ0) is 13.8. The molecule has 0 aliphatic rings. The number of benzene rings is 1. The first-order valence-corrected chi connectivity index (χ1v) is 6.48. The summed E-state index contributed by atoms with van der Waals surface area (Å²) in [6, 6.07) is 5.76. The summed E-state index contributed by atoms with van der Waals surface area (Å²) in [5, 5.41) is 4.69. The molecule has 0 spiro atoms. The van der Waals surface area contributed by atoms with E-state index in [9.17, 15) is 4.39 Å². The third-order valence-corrected chi connectivity index (χ3v) is 3.15. The second-order valence-electron chi connectivity index (χ2n) is 4.24. The van der Waals surface area contributed by atoms with Crippen LogP contribution in [-0.4, -0.2) is 9.78 Å². The fourth-order valence-corrected chi connectivity index (χ4v) is 2.24. The molecule has 1 unspecified atom stereocenters. The summed E-state index contributed by atoms with van der Waals surface area (Å²) in [4.78, 5) is 0. The van der Waals surface area contributed by atoms with Gasteiger partial charge in [0.05, 0.1) is 11.7 Å². The highest BCUT2D eigenvalue weighted by Gasteiger charge is 2.20. The largest absolute Gasteiger partial charge is 0.271 e. The molecular formula is C13H16ClFN4. The van der Waals surface area contributed by atoms with Crippen molar-refractivity contribution >= 4 is 11.6 Å². The molecule has 3 N–H and O–H groups in total. The predicted octanol–water partition coefficient (Wildman–Crippen LogP) is 2.64. The van der Waals surface area contributed by atoms with Crippen molar-refractivity contribution in [1.82, 2.24) is 15.2 Å². The van der Waals surface area contributed by atoms with Crippen molar-refractivity contribution in [2.24, 2.45) is 5.84 Å². The van der Waals surface area contributed by atoms with Crippen molar-refractivity contribution in [2.45, 2.75) is 25.9 Å². The lowest BCUT2D eigenvalue weighted by Crippen LogP contribution is -2.31. The topological polar surface area (TPSA) is 55.9 Å². The number of halogens is 2. The molecule has 102 valence electrons. The van der Waals surface area contributed by atoms with Crippen LogP contribution in [0.1, 0.15) is 30.6 Å². The van der Waals surface area contributed by atoms with Crippen LogP contribution < -0.4 is 11.3 Å². The Hall–Kier alpha value is -1.43. The number of nitrogens with two attached hydrogens (primary N) is 1. The molecule has 0 bridgehead atoms. The van der Waals surface area contributed by atoms with Crippen LogP contribution in [0.4, 0.5) is 4.39 Å². The second-order valence-corrected chi connectivity index (χ2v) is 4.68. The third-order valence-electron chi connectivity index (χ3n) is 2.92. The van der Waals surface area contributed by atoms with Crippen molar-refractivity contribution in [3.05, 3.63) is 52.6 Å². The summed E-state index contributed by atoms with van der Waals surface area (Å²) >= 11 is 5.92. The van der Waals surface area contributed by atoms with Crippen LogP contribution >= 0.6 is 11.6 Å². The molecule has 0 saturated carbocycles. The highest BCUT2D eigenvalue weighted by molar-refractivity contribution is 6.30. The molecule has 1 heterocycles. The number of aryl methyl sites for hydroxylation is 1. The van der Waals surface area contributed by atoms with E-state index >= 15 is 0 Å². The van der Waals surface area contributed by atoms with Crippen LogP contribution in [-0.2, 0) is 6.54 Å². The number of hydrogen-bond acceptors (Lipinski definition) is 3. The first-order valence-electron chi connectivity index (χ1n) is 6.10. The minimum Gasteiger partial charge on any atom is -0.271 e. The van der Waals surface area contributed by atoms with E-state index in [-0.39, 0.29) is 5.82 Å². The van der Waals surface area contributed by atoms with Gasteiger partial charge in [-0.2, -0.15) is 5.10 Å². The van der Waals surface area contributed by atoms with Gasteiger partial charge >= 0.3 is 0 Å². The van der Waals surface area contributed by atoms with E-state index in [0.717, 1.165) is 18.7 Å². The van der Waals surface area contributed by atoms with Gasteiger partial charge in [-0.15, -0.1) is 0 Å².